The van der Waals surface area contributed by atoms with Crippen LogP contribution in [0.4, 0.5) is 10.5 Å². The van der Waals surface area contributed by atoms with E-state index in [1.807, 2.05) is 43.3 Å². The fourth-order valence-corrected chi connectivity index (χ4v) is 1.62. The number of aromatic nitrogens is 1. The molecule has 92 valence electrons. The molecule has 0 saturated carbocycles. The Kier molecular flexibility index (Phi) is 3.91. The van der Waals surface area contributed by atoms with Crippen molar-refractivity contribution < 1.29 is 4.79 Å². The van der Waals surface area contributed by atoms with Crippen molar-refractivity contribution >= 4 is 22.6 Å². The van der Waals surface area contributed by atoms with Crippen molar-refractivity contribution in [1.82, 2.24) is 10.3 Å². The number of nitrogens with one attached hydrogen (secondary N) is 2. The summed E-state index contributed by atoms with van der Waals surface area (Å²) in [7, 11) is 0. The molecule has 2 N–H and O–H groups in total. The van der Waals surface area contributed by atoms with E-state index in [2.05, 4.69) is 15.6 Å². The average Bonchev–Trinajstić information content (AvgIpc) is 2.39. The number of hydrogen-bond donors (Lipinski definition) is 2. The largest absolute Gasteiger partial charge is 0.323 e. The van der Waals surface area contributed by atoms with E-state index < -0.39 is 0 Å². The number of urea groups is 1. The number of carbonyl (C=O) groups is 1. The van der Waals surface area contributed by atoms with E-state index in [1.54, 1.807) is 12.4 Å². The third-order valence-corrected chi connectivity index (χ3v) is 2.45. The zero-order valence-electron chi connectivity index (χ0n) is 10.2. The molecule has 0 saturated heterocycles. The van der Waals surface area contributed by atoms with Crippen molar-refractivity contribution in [3.05, 3.63) is 48.8 Å². The number of benzene rings is 1. The predicted octanol–water partition coefficient (Wildman–Crippen LogP) is 3.28. The van der Waals surface area contributed by atoms with Gasteiger partial charge in [0.25, 0.3) is 0 Å². The average molecular weight is 241 g/mol. The van der Waals surface area contributed by atoms with Gasteiger partial charge in [0.05, 0.1) is 11.2 Å². The van der Waals surface area contributed by atoms with Gasteiger partial charge in [-0.15, -0.1) is 0 Å². The fraction of sp³-hybridized carbons (Fsp3) is 0.143. The summed E-state index contributed by atoms with van der Waals surface area (Å²) in [5.41, 5.74) is 1.49. The maximum absolute atomic E-state index is 11.6. The first-order chi connectivity index (χ1) is 8.81. The SMILES string of the molecule is CC/C=C/NC(=O)Nc1cccc2cccnc12. The van der Waals surface area contributed by atoms with Crippen LogP contribution in [0.3, 0.4) is 0 Å². The lowest BCUT2D eigenvalue weighted by Crippen LogP contribution is -2.23. The van der Waals surface area contributed by atoms with Crippen LogP contribution in [0.25, 0.3) is 10.9 Å². The van der Waals surface area contributed by atoms with Gasteiger partial charge in [0.1, 0.15) is 0 Å². The molecule has 0 spiro atoms. The quantitative estimate of drug-likeness (QED) is 0.866. The van der Waals surface area contributed by atoms with Gasteiger partial charge in [-0.25, -0.2) is 4.79 Å². The monoisotopic (exact) mass is 241 g/mol. The Bertz CT molecular complexity index is 573. The van der Waals surface area contributed by atoms with Crippen molar-refractivity contribution in [2.45, 2.75) is 13.3 Å². The van der Waals surface area contributed by atoms with E-state index in [1.165, 1.54) is 0 Å². The van der Waals surface area contributed by atoms with E-state index in [-0.39, 0.29) is 6.03 Å². The molecule has 0 aliphatic rings. The van der Waals surface area contributed by atoms with Gasteiger partial charge >= 0.3 is 6.03 Å². The molecule has 0 aliphatic carbocycles. The van der Waals surface area contributed by atoms with Gasteiger partial charge in [-0.1, -0.05) is 31.2 Å². The molecule has 18 heavy (non-hydrogen) atoms. The zero-order valence-corrected chi connectivity index (χ0v) is 10.2. The summed E-state index contributed by atoms with van der Waals surface area (Å²) in [4.78, 5) is 15.9. The number of anilines is 1. The molecule has 0 atom stereocenters. The normalized spacial score (nSPS) is 10.7. The van der Waals surface area contributed by atoms with Crippen LogP contribution in [0.15, 0.2) is 48.8 Å². The van der Waals surface area contributed by atoms with Crippen LogP contribution in [0, 0.1) is 0 Å². The van der Waals surface area contributed by atoms with Crippen LogP contribution in [0.5, 0.6) is 0 Å². The second-order valence-electron chi connectivity index (χ2n) is 3.79. The molecular formula is C14H15N3O. The Hall–Kier alpha value is -2.36. The van der Waals surface area contributed by atoms with Crippen molar-refractivity contribution in [1.29, 1.82) is 0 Å². The molecule has 0 fully saturated rings. The Morgan fingerprint density at radius 3 is 3.00 bits per heavy atom. The minimum atomic E-state index is -0.266. The van der Waals surface area contributed by atoms with Crippen LogP contribution < -0.4 is 10.6 Å². The van der Waals surface area contributed by atoms with Crippen molar-refractivity contribution in [2.24, 2.45) is 0 Å². The van der Waals surface area contributed by atoms with Gasteiger partial charge in [0.2, 0.25) is 0 Å². The Labute approximate surface area is 106 Å². The maximum atomic E-state index is 11.6. The van der Waals surface area contributed by atoms with Crippen molar-refractivity contribution in [3.63, 3.8) is 0 Å². The van der Waals surface area contributed by atoms with Crippen molar-refractivity contribution in [2.75, 3.05) is 5.32 Å². The minimum absolute atomic E-state index is 0.266. The number of amides is 2. The summed E-state index contributed by atoms with van der Waals surface area (Å²) in [5, 5.41) is 6.42. The highest BCUT2D eigenvalue weighted by molar-refractivity contribution is 5.99. The molecule has 1 aromatic carbocycles. The van der Waals surface area contributed by atoms with Crippen LogP contribution in [-0.2, 0) is 0 Å². The molecule has 4 heteroatoms. The number of nitrogens with zero attached hydrogens (tertiary/aromatic N) is 1. The van der Waals surface area contributed by atoms with Crippen LogP contribution in [0.2, 0.25) is 0 Å². The van der Waals surface area contributed by atoms with Gasteiger partial charge in [-0.2, -0.15) is 0 Å². The second-order valence-corrected chi connectivity index (χ2v) is 3.79. The summed E-state index contributed by atoms with van der Waals surface area (Å²) in [5.74, 6) is 0. The molecule has 1 aromatic heterocycles. The minimum Gasteiger partial charge on any atom is -0.315 e. The van der Waals surface area contributed by atoms with E-state index in [4.69, 9.17) is 0 Å². The lowest BCUT2D eigenvalue weighted by Gasteiger charge is -2.07. The van der Waals surface area contributed by atoms with Crippen LogP contribution in [-0.4, -0.2) is 11.0 Å². The summed E-state index contributed by atoms with van der Waals surface area (Å²) in [6.45, 7) is 2.00. The first-order valence-corrected chi connectivity index (χ1v) is 5.87. The maximum Gasteiger partial charge on any atom is 0.323 e. The number of allylic oxidation sites excluding steroid dienone is 1. The number of pyridine rings is 1. The Balaban J connectivity index is 2.16. The highest BCUT2D eigenvalue weighted by atomic mass is 16.2. The van der Waals surface area contributed by atoms with E-state index in [9.17, 15) is 4.79 Å². The summed E-state index contributed by atoms with van der Waals surface area (Å²) >= 11 is 0. The van der Waals surface area contributed by atoms with Crippen LogP contribution >= 0.6 is 0 Å². The van der Waals surface area contributed by atoms with E-state index in [0.717, 1.165) is 17.3 Å². The number of carbonyl (C=O) groups excluding carboxylic acids is 1. The Morgan fingerprint density at radius 2 is 2.17 bits per heavy atom. The van der Waals surface area contributed by atoms with E-state index in [0.29, 0.717) is 5.69 Å². The predicted molar refractivity (Wildman–Crippen MR) is 73.3 cm³/mol. The molecule has 0 aliphatic heterocycles. The first kappa shape index (κ1) is 12.1. The molecule has 2 amide bonds. The van der Waals surface area contributed by atoms with Crippen molar-refractivity contribution in [3.8, 4) is 0 Å². The topological polar surface area (TPSA) is 54.0 Å². The zero-order chi connectivity index (χ0) is 12.8. The second kappa shape index (κ2) is 5.82. The molecule has 0 unspecified atom stereocenters. The van der Waals surface area contributed by atoms with Gasteiger partial charge in [-0.05, 0) is 18.6 Å². The summed E-state index contributed by atoms with van der Waals surface area (Å²) in [6, 6.07) is 9.25. The summed E-state index contributed by atoms with van der Waals surface area (Å²) < 4.78 is 0. The molecule has 2 rings (SSSR count). The van der Waals surface area contributed by atoms with Gasteiger partial charge < -0.3 is 10.6 Å². The molecule has 2 aromatic rings. The van der Waals surface area contributed by atoms with Gasteiger partial charge in [0.15, 0.2) is 0 Å². The van der Waals surface area contributed by atoms with E-state index >= 15 is 0 Å². The smallest absolute Gasteiger partial charge is 0.315 e. The molecule has 4 nitrogen and oxygen atoms in total. The number of para-hydroxylation sites is 1. The molecular weight excluding hydrogens is 226 g/mol. The number of hydrogen-bond acceptors (Lipinski definition) is 2. The van der Waals surface area contributed by atoms with Gasteiger partial charge in [0, 0.05) is 17.8 Å². The third-order valence-electron chi connectivity index (χ3n) is 2.45. The standard InChI is InChI=1S/C14H15N3O/c1-2-3-9-16-14(18)17-12-8-4-6-11-7-5-10-15-13(11)12/h3-10H,2H2,1H3,(H2,16,17,18)/b9-3+. The van der Waals surface area contributed by atoms with Crippen LogP contribution in [0.1, 0.15) is 13.3 Å². The summed E-state index contributed by atoms with van der Waals surface area (Å²) in [6.07, 6.45) is 6.10. The molecule has 0 radical (unpaired) electrons. The molecule has 0 bridgehead atoms. The third kappa shape index (κ3) is 2.85. The lowest BCUT2D eigenvalue weighted by molar-refractivity contribution is 0.255. The van der Waals surface area contributed by atoms with Gasteiger partial charge in [-0.3, -0.25) is 4.98 Å². The Morgan fingerprint density at radius 1 is 1.33 bits per heavy atom. The highest BCUT2D eigenvalue weighted by Crippen LogP contribution is 2.20. The molecule has 1 heterocycles. The first-order valence-electron chi connectivity index (χ1n) is 5.87. The lowest BCUT2D eigenvalue weighted by atomic mass is 10.2. The fourth-order valence-electron chi connectivity index (χ4n) is 1.62. The highest BCUT2D eigenvalue weighted by Gasteiger charge is 2.04. The number of rotatable bonds is 3. The number of fused-ring (bicyclic) bond motifs is 1.